The Morgan fingerprint density at radius 1 is 1.21 bits per heavy atom. The zero-order valence-electron chi connectivity index (χ0n) is 13.4. The molecule has 5 nitrogen and oxygen atoms in total. The van der Waals surface area contributed by atoms with Gasteiger partial charge in [-0.3, -0.25) is 4.79 Å². The first-order valence-corrected chi connectivity index (χ1v) is 7.79. The van der Waals surface area contributed by atoms with Gasteiger partial charge in [-0.2, -0.15) is 0 Å². The molecule has 0 radical (unpaired) electrons. The number of carbonyl (C=O) groups excluding carboxylic acids is 1. The molecule has 0 spiro atoms. The average molecular weight is 325 g/mol. The Hall–Kier alpha value is -2.79. The standard InChI is InChI=1S/C19H19NO4/c1-2-15-18(14-5-3-4-6-16(14)24-15)19(22)12-7-9-13(10-8-12)23-11-17(20)21/h3-10,19,22H,2,11H2,1H3,(H2,20,21). The number of aliphatic hydroxyl groups is 1. The Kier molecular flexibility index (Phi) is 4.53. The Balaban J connectivity index is 1.91. The molecule has 1 unspecified atom stereocenters. The van der Waals surface area contributed by atoms with Crippen molar-refractivity contribution in [2.75, 3.05) is 6.61 Å². The molecule has 1 amide bonds. The van der Waals surface area contributed by atoms with Crippen molar-refractivity contribution in [3.05, 3.63) is 65.4 Å². The third-order valence-electron chi connectivity index (χ3n) is 3.88. The molecule has 124 valence electrons. The number of hydrogen-bond donors (Lipinski definition) is 2. The van der Waals surface area contributed by atoms with Crippen LogP contribution in [0.4, 0.5) is 0 Å². The predicted molar refractivity (Wildman–Crippen MR) is 90.8 cm³/mol. The smallest absolute Gasteiger partial charge is 0.255 e. The Morgan fingerprint density at radius 2 is 1.92 bits per heavy atom. The van der Waals surface area contributed by atoms with E-state index in [1.807, 2.05) is 31.2 Å². The lowest BCUT2D eigenvalue weighted by molar-refractivity contribution is -0.119. The van der Waals surface area contributed by atoms with Gasteiger partial charge in [0, 0.05) is 17.4 Å². The number of amides is 1. The molecule has 0 saturated heterocycles. The lowest BCUT2D eigenvalue weighted by Gasteiger charge is -2.12. The van der Waals surface area contributed by atoms with E-state index in [0.29, 0.717) is 12.2 Å². The number of aryl methyl sites for hydroxylation is 1. The van der Waals surface area contributed by atoms with E-state index < -0.39 is 12.0 Å². The number of hydrogen-bond acceptors (Lipinski definition) is 4. The molecule has 5 heteroatoms. The molecule has 1 heterocycles. The van der Waals surface area contributed by atoms with Crippen LogP contribution in [0.3, 0.4) is 0 Å². The van der Waals surface area contributed by atoms with Gasteiger partial charge in [-0.1, -0.05) is 37.3 Å². The van der Waals surface area contributed by atoms with Gasteiger partial charge in [0.15, 0.2) is 6.61 Å². The summed E-state index contributed by atoms with van der Waals surface area (Å²) >= 11 is 0. The van der Waals surface area contributed by atoms with Gasteiger partial charge in [0.25, 0.3) is 5.91 Å². The Morgan fingerprint density at radius 3 is 2.58 bits per heavy atom. The number of ether oxygens (including phenoxy) is 1. The fraction of sp³-hybridized carbons (Fsp3) is 0.211. The quantitative estimate of drug-likeness (QED) is 0.729. The average Bonchev–Trinajstić information content (AvgIpc) is 2.98. The van der Waals surface area contributed by atoms with Crippen molar-refractivity contribution in [3.8, 4) is 5.75 Å². The van der Waals surface area contributed by atoms with Crippen LogP contribution >= 0.6 is 0 Å². The second-order valence-corrected chi connectivity index (χ2v) is 5.52. The summed E-state index contributed by atoms with van der Waals surface area (Å²) in [7, 11) is 0. The van der Waals surface area contributed by atoms with Crippen LogP contribution in [0.1, 0.15) is 29.9 Å². The number of rotatable bonds is 6. The number of carbonyl (C=O) groups is 1. The molecule has 2 aromatic carbocycles. The molecule has 0 aliphatic carbocycles. The SMILES string of the molecule is CCc1oc2ccccc2c1C(O)c1ccc(OCC(N)=O)cc1. The van der Waals surface area contributed by atoms with Gasteiger partial charge >= 0.3 is 0 Å². The lowest BCUT2D eigenvalue weighted by atomic mass is 9.98. The molecule has 1 aromatic heterocycles. The van der Waals surface area contributed by atoms with Crippen molar-refractivity contribution < 1.29 is 19.1 Å². The molecule has 0 aliphatic heterocycles. The first-order valence-electron chi connectivity index (χ1n) is 7.79. The highest BCUT2D eigenvalue weighted by atomic mass is 16.5. The van der Waals surface area contributed by atoms with Gasteiger partial charge < -0.3 is 20.0 Å². The largest absolute Gasteiger partial charge is 0.484 e. The van der Waals surface area contributed by atoms with E-state index in [0.717, 1.165) is 27.9 Å². The summed E-state index contributed by atoms with van der Waals surface area (Å²) in [6, 6.07) is 14.6. The summed E-state index contributed by atoms with van der Waals surface area (Å²) < 4.78 is 11.1. The molecule has 0 aliphatic rings. The molecule has 0 fully saturated rings. The zero-order chi connectivity index (χ0) is 17.1. The monoisotopic (exact) mass is 325 g/mol. The minimum Gasteiger partial charge on any atom is -0.484 e. The maximum atomic E-state index is 10.8. The van der Waals surface area contributed by atoms with Crippen LogP contribution in [0.25, 0.3) is 11.0 Å². The number of nitrogens with two attached hydrogens (primary N) is 1. The first kappa shape index (κ1) is 16.1. The summed E-state index contributed by atoms with van der Waals surface area (Å²) in [4.78, 5) is 10.7. The summed E-state index contributed by atoms with van der Waals surface area (Å²) in [5.74, 6) is 0.770. The van der Waals surface area contributed by atoms with E-state index in [-0.39, 0.29) is 6.61 Å². The number of benzene rings is 2. The van der Waals surface area contributed by atoms with Crippen LogP contribution in [-0.4, -0.2) is 17.6 Å². The van der Waals surface area contributed by atoms with Crippen molar-refractivity contribution in [1.82, 2.24) is 0 Å². The second kappa shape index (κ2) is 6.76. The number of aliphatic hydroxyl groups excluding tert-OH is 1. The minimum atomic E-state index is -0.797. The maximum absolute atomic E-state index is 10.8. The first-order chi connectivity index (χ1) is 11.6. The van der Waals surface area contributed by atoms with Gasteiger partial charge in [0.2, 0.25) is 0 Å². The number of fused-ring (bicyclic) bond motifs is 1. The van der Waals surface area contributed by atoms with Gasteiger partial charge in [-0.05, 0) is 23.8 Å². The molecule has 3 N–H and O–H groups in total. The van der Waals surface area contributed by atoms with Crippen LogP contribution in [0.2, 0.25) is 0 Å². The molecule has 24 heavy (non-hydrogen) atoms. The number of para-hydroxylation sites is 1. The highest BCUT2D eigenvalue weighted by Crippen LogP contribution is 2.35. The topological polar surface area (TPSA) is 85.7 Å². The van der Waals surface area contributed by atoms with Gasteiger partial charge in [-0.15, -0.1) is 0 Å². The fourth-order valence-electron chi connectivity index (χ4n) is 2.75. The highest BCUT2D eigenvalue weighted by molar-refractivity contribution is 5.83. The van der Waals surface area contributed by atoms with E-state index >= 15 is 0 Å². The van der Waals surface area contributed by atoms with Crippen molar-refractivity contribution in [3.63, 3.8) is 0 Å². The summed E-state index contributed by atoms with van der Waals surface area (Å²) in [6.07, 6.45) is -0.102. The van der Waals surface area contributed by atoms with Crippen LogP contribution in [0.5, 0.6) is 5.75 Å². The normalized spacial score (nSPS) is 12.2. The third-order valence-corrected chi connectivity index (χ3v) is 3.88. The van der Waals surface area contributed by atoms with Crippen LogP contribution in [0, 0.1) is 0 Å². The van der Waals surface area contributed by atoms with Gasteiger partial charge in [-0.25, -0.2) is 0 Å². The number of primary amides is 1. The van der Waals surface area contributed by atoms with Crippen molar-refractivity contribution in [2.45, 2.75) is 19.4 Å². The van der Waals surface area contributed by atoms with Crippen LogP contribution < -0.4 is 10.5 Å². The van der Waals surface area contributed by atoms with Crippen LogP contribution in [0.15, 0.2) is 52.9 Å². The minimum absolute atomic E-state index is 0.172. The number of furan rings is 1. The van der Waals surface area contributed by atoms with Crippen LogP contribution in [-0.2, 0) is 11.2 Å². The van der Waals surface area contributed by atoms with E-state index in [1.54, 1.807) is 24.3 Å². The Bertz CT molecular complexity index is 851. The van der Waals surface area contributed by atoms with E-state index in [2.05, 4.69) is 0 Å². The van der Waals surface area contributed by atoms with Crippen molar-refractivity contribution in [2.24, 2.45) is 5.73 Å². The predicted octanol–water partition coefficient (Wildman–Crippen LogP) is 2.94. The summed E-state index contributed by atoms with van der Waals surface area (Å²) in [5, 5.41) is 11.7. The van der Waals surface area contributed by atoms with E-state index in [4.69, 9.17) is 14.9 Å². The summed E-state index contributed by atoms with van der Waals surface area (Å²) in [5.41, 5.74) is 7.34. The summed E-state index contributed by atoms with van der Waals surface area (Å²) in [6.45, 7) is 1.82. The Labute approximate surface area is 139 Å². The van der Waals surface area contributed by atoms with Gasteiger partial charge in [0.05, 0.1) is 0 Å². The fourth-order valence-corrected chi connectivity index (χ4v) is 2.75. The molecule has 1 atom stereocenters. The molecule has 3 rings (SSSR count). The van der Waals surface area contributed by atoms with Gasteiger partial charge in [0.1, 0.15) is 23.2 Å². The van der Waals surface area contributed by atoms with Crippen molar-refractivity contribution in [1.29, 1.82) is 0 Å². The zero-order valence-corrected chi connectivity index (χ0v) is 13.4. The molecular formula is C19H19NO4. The van der Waals surface area contributed by atoms with E-state index in [9.17, 15) is 9.90 Å². The molecule has 0 saturated carbocycles. The molecular weight excluding hydrogens is 306 g/mol. The highest BCUT2D eigenvalue weighted by Gasteiger charge is 2.21. The lowest BCUT2D eigenvalue weighted by Crippen LogP contribution is -2.20. The maximum Gasteiger partial charge on any atom is 0.255 e. The third kappa shape index (κ3) is 3.12. The van der Waals surface area contributed by atoms with Crippen molar-refractivity contribution >= 4 is 16.9 Å². The molecule has 3 aromatic rings. The van der Waals surface area contributed by atoms with E-state index in [1.165, 1.54) is 0 Å². The second-order valence-electron chi connectivity index (χ2n) is 5.52. The molecule has 0 bridgehead atoms.